The molecule has 4 aliphatic carbocycles. The van der Waals surface area contributed by atoms with Gasteiger partial charge in [-0.15, -0.1) is 0 Å². The second-order valence-electron chi connectivity index (χ2n) is 22.6. The van der Waals surface area contributed by atoms with Gasteiger partial charge in [0.15, 0.2) is 18.9 Å². The number of hydrogen-bond acceptors (Lipinski definition) is 20. The number of fused-ring (bicyclic) bond motifs is 5. The van der Waals surface area contributed by atoms with Crippen molar-refractivity contribution in [1.29, 1.82) is 0 Å². The largest absolute Gasteiger partial charge is 0.396 e. The zero-order valence-electron chi connectivity index (χ0n) is 40.1. The van der Waals surface area contributed by atoms with Crippen molar-refractivity contribution in [3.8, 4) is 0 Å². The van der Waals surface area contributed by atoms with Gasteiger partial charge in [0.05, 0.1) is 51.8 Å². The highest BCUT2D eigenvalue weighted by molar-refractivity contribution is 5.19. The molecule has 0 radical (unpaired) electrons. The first-order valence-corrected chi connectivity index (χ1v) is 24.8. The number of aliphatic hydroxyl groups excluding tert-OH is 14. The van der Waals surface area contributed by atoms with Gasteiger partial charge in [0.1, 0.15) is 73.2 Å². The van der Waals surface area contributed by atoms with Crippen LogP contribution in [0.1, 0.15) is 98.8 Å². The zero-order chi connectivity index (χ0) is 49.9. The molecule has 7 fully saturated rings. The lowest BCUT2D eigenvalue weighted by atomic mass is 9.33. The summed E-state index contributed by atoms with van der Waals surface area (Å²) in [5.41, 5.74) is -1.57. The molecule has 0 aromatic heterocycles. The molecule has 20 nitrogen and oxygen atoms in total. The van der Waals surface area contributed by atoms with Crippen LogP contribution >= 0.6 is 0 Å². The summed E-state index contributed by atoms with van der Waals surface area (Å²) in [6.07, 6.45) is -15.5. The highest BCUT2D eigenvalue weighted by Crippen LogP contribution is 2.75. The van der Waals surface area contributed by atoms with Crippen LogP contribution in [0.5, 0.6) is 0 Å². The normalized spacial score (nSPS) is 53.3. The molecule has 14 N–H and O–H groups in total. The van der Waals surface area contributed by atoms with Gasteiger partial charge in [-0.25, -0.2) is 0 Å². The molecule has 68 heavy (non-hydrogen) atoms. The zero-order valence-corrected chi connectivity index (χ0v) is 40.1. The molecule has 0 aromatic rings. The van der Waals surface area contributed by atoms with Gasteiger partial charge in [-0.05, 0) is 105 Å². The number of allylic oxidation sites excluding steroid dienone is 1. The van der Waals surface area contributed by atoms with Crippen LogP contribution < -0.4 is 0 Å². The van der Waals surface area contributed by atoms with Crippen LogP contribution in [-0.4, -0.2) is 215 Å². The van der Waals surface area contributed by atoms with Crippen molar-refractivity contribution >= 4 is 0 Å². The lowest BCUT2D eigenvalue weighted by Crippen LogP contribution is -2.69. The molecule has 3 saturated heterocycles. The van der Waals surface area contributed by atoms with E-state index in [1.165, 1.54) is 0 Å². The van der Waals surface area contributed by atoms with Crippen LogP contribution in [0.3, 0.4) is 0 Å². The summed E-state index contributed by atoms with van der Waals surface area (Å²) in [6, 6.07) is 0. The van der Waals surface area contributed by atoms with Gasteiger partial charge >= 0.3 is 0 Å². The second-order valence-corrected chi connectivity index (χ2v) is 22.6. The molecule has 3 aliphatic heterocycles. The van der Waals surface area contributed by atoms with E-state index in [2.05, 4.69) is 20.8 Å². The van der Waals surface area contributed by atoms with Crippen molar-refractivity contribution in [2.75, 3.05) is 39.6 Å². The molecule has 7 aliphatic rings. The molecular formula is C48H82O20. The molecule has 3 heterocycles. The fourth-order valence-electron chi connectivity index (χ4n) is 14.7. The van der Waals surface area contributed by atoms with Crippen LogP contribution in [0.4, 0.5) is 0 Å². The van der Waals surface area contributed by atoms with Crippen molar-refractivity contribution in [3.63, 3.8) is 0 Å². The van der Waals surface area contributed by atoms with Crippen LogP contribution in [0.25, 0.3) is 0 Å². The fourth-order valence-corrected chi connectivity index (χ4v) is 14.7. The third-order valence-corrected chi connectivity index (χ3v) is 19.2. The first-order valence-electron chi connectivity index (χ1n) is 24.8. The third kappa shape index (κ3) is 9.19. The number of hydrogen-bond donors (Lipinski definition) is 14. The van der Waals surface area contributed by atoms with Crippen molar-refractivity contribution in [3.05, 3.63) is 11.6 Å². The van der Waals surface area contributed by atoms with E-state index in [1.54, 1.807) is 0 Å². The Morgan fingerprint density at radius 3 is 1.72 bits per heavy atom. The number of ether oxygens (including phenoxy) is 6. The molecule has 394 valence electrons. The Bertz CT molecular complexity index is 1710. The Balaban J connectivity index is 1.04. The van der Waals surface area contributed by atoms with E-state index in [4.69, 9.17) is 28.4 Å². The van der Waals surface area contributed by atoms with E-state index >= 15 is 0 Å². The lowest BCUT2D eigenvalue weighted by molar-refractivity contribution is -0.379. The van der Waals surface area contributed by atoms with Crippen molar-refractivity contribution in [2.24, 2.45) is 44.8 Å². The van der Waals surface area contributed by atoms with Gasteiger partial charge in [0, 0.05) is 10.8 Å². The Hall–Kier alpha value is -1.06. The summed E-state index contributed by atoms with van der Waals surface area (Å²) in [6.45, 7) is 8.47. The summed E-state index contributed by atoms with van der Waals surface area (Å²) >= 11 is 0. The molecule has 4 saturated carbocycles. The average molecular weight is 979 g/mol. The van der Waals surface area contributed by atoms with Gasteiger partial charge < -0.3 is 99.9 Å². The summed E-state index contributed by atoms with van der Waals surface area (Å²) in [4.78, 5) is 0. The minimum absolute atomic E-state index is 0.0477. The SMILES string of the molecule is C/C(=C/CC[C@]1(CO)CC[C@]2(C)[C@@H](CC[C@H]3[C@]4(C)CC[C@H](O[C@H]5O[C@@H](CO)[C@H](O)[C@@H](O)[C@@H]5O[C@H]5O[C@@H](CO)[C@H](O)[C@@H](O)[C@@H]5O)[C@@](C)(CO)[C@@H]4CC[C@@]32C)[C@@H]1O)CO[C@@H]1O[C@H](CO)[C@@H](O)[C@H](O)[C@H]1O. The minimum atomic E-state index is -1.82. The first kappa shape index (κ1) is 54.7. The first-order chi connectivity index (χ1) is 32.1. The molecule has 7 rings (SSSR count). The monoisotopic (exact) mass is 979 g/mol. The van der Waals surface area contributed by atoms with E-state index in [0.717, 1.165) is 37.7 Å². The van der Waals surface area contributed by atoms with Gasteiger partial charge in [-0.2, -0.15) is 0 Å². The van der Waals surface area contributed by atoms with E-state index in [9.17, 15) is 71.5 Å². The van der Waals surface area contributed by atoms with Crippen LogP contribution in [-0.2, 0) is 28.4 Å². The maximum absolute atomic E-state index is 12.4. The number of rotatable bonds is 15. The topological polar surface area (TPSA) is 339 Å². The van der Waals surface area contributed by atoms with E-state index in [-0.39, 0.29) is 53.8 Å². The van der Waals surface area contributed by atoms with Crippen molar-refractivity contribution in [1.82, 2.24) is 0 Å². The van der Waals surface area contributed by atoms with E-state index < -0.39 is 135 Å². The minimum Gasteiger partial charge on any atom is -0.396 e. The molecule has 0 amide bonds. The summed E-state index contributed by atoms with van der Waals surface area (Å²) in [5.74, 6) is 0.0618. The maximum atomic E-state index is 12.4. The van der Waals surface area contributed by atoms with Gasteiger partial charge in [0.25, 0.3) is 0 Å². The lowest BCUT2D eigenvalue weighted by Gasteiger charge is -2.72. The average Bonchev–Trinajstić information content (AvgIpc) is 3.32. The van der Waals surface area contributed by atoms with Crippen LogP contribution in [0, 0.1) is 44.8 Å². The third-order valence-electron chi connectivity index (χ3n) is 19.2. The predicted octanol–water partition coefficient (Wildman–Crippen LogP) is -2.08. The molecule has 25 atom stereocenters. The smallest absolute Gasteiger partial charge is 0.187 e. The Morgan fingerprint density at radius 1 is 0.559 bits per heavy atom. The molecule has 0 spiro atoms. The van der Waals surface area contributed by atoms with Crippen LogP contribution in [0.15, 0.2) is 11.6 Å². The standard InChI is InChI=1S/C48H82O20/c1-23(20-63-41-37(60)34(57)31(54)25(17-49)64-41)7-6-12-48(22-53)16-15-46(4)24(40(48)62)8-9-29-44(2)13-11-30(45(3,21-52)28(44)10-14-47(29,46)5)67-43-39(36(59)33(56)27(19-51)66-43)68-42-38(61)35(58)32(55)26(18-50)65-42/h7,24-43,49-62H,6,8-22H2,1-5H3/b23-7-/t24-,25+,26-,27-,28+,29-,30-,31+,32-,33-,34-,35+,36+,37+,38-,39-,40-,41+,42+,43+,44+,45-,46+,47-,48+/m0/s1. The summed E-state index contributed by atoms with van der Waals surface area (Å²) in [7, 11) is 0. The van der Waals surface area contributed by atoms with E-state index in [1.807, 2.05) is 19.9 Å². The highest BCUT2D eigenvalue weighted by Gasteiger charge is 2.70. The fraction of sp³-hybridized carbons (Fsp3) is 0.958. The molecular weight excluding hydrogens is 897 g/mol. The van der Waals surface area contributed by atoms with Crippen molar-refractivity contribution in [2.45, 2.75) is 203 Å². The van der Waals surface area contributed by atoms with Crippen LogP contribution in [0.2, 0.25) is 0 Å². The second kappa shape index (κ2) is 21.0. The highest BCUT2D eigenvalue weighted by atomic mass is 16.8. The van der Waals surface area contributed by atoms with Gasteiger partial charge in [-0.1, -0.05) is 39.3 Å². The van der Waals surface area contributed by atoms with Gasteiger partial charge in [0.2, 0.25) is 0 Å². The van der Waals surface area contributed by atoms with Crippen molar-refractivity contribution < 1.29 is 99.9 Å². The maximum Gasteiger partial charge on any atom is 0.187 e. The number of aliphatic hydroxyl groups is 14. The Kier molecular flexibility index (Phi) is 16.9. The Morgan fingerprint density at radius 2 is 1.13 bits per heavy atom. The quantitative estimate of drug-likeness (QED) is 0.0619. The molecule has 20 heteroatoms. The van der Waals surface area contributed by atoms with E-state index in [0.29, 0.717) is 32.1 Å². The Labute approximate surface area is 398 Å². The summed E-state index contributed by atoms with van der Waals surface area (Å²) < 4.78 is 35.5. The molecule has 0 aromatic carbocycles. The predicted molar refractivity (Wildman–Crippen MR) is 236 cm³/mol. The summed E-state index contributed by atoms with van der Waals surface area (Å²) in [5, 5.41) is 149. The molecule has 0 bridgehead atoms. The molecule has 0 unspecified atom stereocenters. The van der Waals surface area contributed by atoms with Gasteiger partial charge in [-0.3, -0.25) is 0 Å².